The molecule has 0 amide bonds. The van der Waals surface area contributed by atoms with Crippen LogP contribution >= 0.6 is 0 Å². The molecular weight excluding hydrogens is 370 g/mol. The number of carbonyl (C=O) groups excluding carboxylic acids is 1. The number of hydrogen-bond donors (Lipinski definition) is 0. The zero-order chi connectivity index (χ0) is 19.5. The summed E-state index contributed by atoms with van der Waals surface area (Å²) in [5, 5.41) is 3.76. The van der Waals surface area contributed by atoms with Crippen LogP contribution in [0.25, 0.3) is 22.7 Å². The number of benzene rings is 2. The van der Waals surface area contributed by atoms with Crippen molar-refractivity contribution in [1.29, 1.82) is 0 Å². The second-order valence-electron chi connectivity index (χ2n) is 5.77. The van der Waals surface area contributed by atoms with Crippen LogP contribution in [0.5, 0.6) is 0 Å². The first-order valence-electron chi connectivity index (χ1n) is 8.20. The van der Waals surface area contributed by atoms with E-state index in [1.54, 1.807) is 18.2 Å². The fraction of sp³-hybridized carbons (Fsp3) is 0.0500. The normalized spacial score (nSPS) is 10.8. The molecule has 4 aromatic rings. The van der Waals surface area contributed by atoms with Crippen molar-refractivity contribution in [3.63, 3.8) is 0 Å². The van der Waals surface area contributed by atoms with Crippen LogP contribution in [0.4, 0.5) is 8.78 Å². The second-order valence-corrected chi connectivity index (χ2v) is 5.77. The molecule has 2 heterocycles. The molecule has 8 heteroatoms. The van der Waals surface area contributed by atoms with Crippen LogP contribution in [0.3, 0.4) is 0 Å². The summed E-state index contributed by atoms with van der Waals surface area (Å²) in [5.74, 6) is -0.731. The Hall–Kier alpha value is -3.81. The van der Waals surface area contributed by atoms with Gasteiger partial charge in [0.15, 0.2) is 6.61 Å². The van der Waals surface area contributed by atoms with E-state index in [2.05, 4.69) is 10.1 Å². The van der Waals surface area contributed by atoms with Gasteiger partial charge in [-0.3, -0.25) is 0 Å². The smallest absolute Gasteiger partial charge is 0.374 e. The monoisotopic (exact) mass is 382 g/mol. The molecule has 0 fully saturated rings. The van der Waals surface area contributed by atoms with E-state index in [1.165, 1.54) is 42.5 Å². The van der Waals surface area contributed by atoms with E-state index in [9.17, 15) is 13.6 Å². The van der Waals surface area contributed by atoms with Gasteiger partial charge >= 0.3 is 5.97 Å². The van der Waals surface area contributed by atoms with Gasteiger partial charge in [-0.25, -0.2) is 13.6 Å². The fourth-order valence-electron chi connectivity index (χ4n) is 2.45. The van der Waals surface area contributed by atoms with Crippen LogP contribution in [0.1, 0.15) is 16.4 Å². The molecule has 0 saturated carbocycles. The Bertz CT molecular complexity index is 1100. The molecule has 0 saturated heterocycles. The van der Waals surface area contributed by atoms with Crippen molar-refractivity contribution in [2.75, 3.05) is 0 Å². The first-order valence-corrected chi connectivity index (χ1v) is 8.20. The van der Waals surface area contributed by atoms with Crippen LogP contribution in [0, 0.1) is 11.6 Å². The molecule has 28 heavy (non-hydrogen) atoms. The summed E-state index contributed by atoms with van der Waals surface area (Å²) in [7, 11) is 0. The van der Waals surface area contributed by atoms with Crippen LogP contribution in [-0.2, 0) is 11.3 Å². The third kappa shape index (κ3) is 3.80. The Morgan fingerprint density at radius 3 is 2.21 bits per heavy atom. The van der Waals surface area contributed by atoms with Crippen LogP contribution < -0.4 is 0 Å². The molecule has 0 aliphatic rings. The summed E-state index contributed by atoms with van der Waals surface area (Å²) in [6, 6.07) is 14.3. The van der Waals surface area contributed by atoms with Crippen LogP contribution in [-0.4, -0.2) is 16.1 Å². The Balaban J connectivity index is 1.40. The van der Waals surface area contributed by atoms with Gasteiger partial charge in [-0.2, -0.15) is 4.98 Å². The van der Waals surface area contributed by atoms with Crippen molar-refractivity contribution in [2.24, 2.45) is 0 Å². The first-order chi connectivity index (χ1) is 13.6. The van der Waals surface area contributed by atoms with Crippen molar-refractivity contribution in [1.82, 2.24) is 10.1 Å². The summed E-state index contributed by atoms with van der Waals surface area (Å²) in [6.07, 6.45) is 0. The zero-order valence-corrected chi connectivity index (χ0v) is 14.3. The van der Waals surface area contributed by atoms with E-state index in [4.69, 9.17) is 13.7 Å². The number of halogens is 2. The highest BCUT2D eigenvalue weighted by molar-refractivity contribution is 5.87. The first kappa shape index (κ1) is 17.6. The Morgan fingerprint density at radius 1 is 0.893 bits per heavy atom. The van der Waals surface area contributed by atoms with Crippen molar-refractivity contribution < 1.29 is 27.3 Å². The largest absolute Gasteiger partial charge is 0.450 e. The molecule has 0 N–H and O–H groups in total. The van der Waals surface area contributed by atoms with Gasteiger partial charge in [0.25, 0.3) is 5.89 Å². The maximum atomic E-state index is 13.0. The lowest BCUT2D eigenvalue weighted by Crippen LogP contribution is -2.04. The van der Waals surface area contributed by atoms with E-state index >= 15 is 0 Å². The predicted molar refractivity (Wildman–Crippen MR) is 92.9 cm³/mol. The fourth-order valence-corrected chi connectivity index (χ4v) is 2.45. The molecule has 4 rings (SSSR count). The molecular formula is C20H12F2N2O4. The van der Waals surface area contributed by atoms with E-state index in [-0.39, 0.29) is 35.7 Å². The minimum atomic E-state index is -0.713. The molecule has 0 radical (unpaired) electrons. The number of rotatable bonds is 5. The highest BCUT2D eigenvalue weighted by atomic mass is 19.1. The lowest BCUT2D eigenvalue weighted by atomic mass is 10.2. The standard InChI is InChI=1S/C20H12F2N2O4/c21-14-5-1-12(2-6-14)16-9-10-17(27-16)20(25)26-11-18-23-19(24-28-18)13-3-7-15(22)8-4-13/h1-10H,11H2. The topological polar surface area (TPSA) is 78.4 Å². The van der Waals surface area contributed by atoms with Crippen molar-refractivity contribution >= 4 is 5.97 Å². The third-order valence-corrected chi connectivity index (χ3v) is 3.83. The quantitative estimate of drug-likeness (QED) is 0.468. The minimum Gasteiger partial charge on any atom is -0.450 e. The van der Waals surface area contributed by atoms with E-state index in [0.29, 0.717) is 16.9 Å². The summed E-state index contributed by atoms with van der Waals surface area (Å²) >= 11 is 0. The number of esters is 1. The van der Waals surface area contributed by atoms with Gasteiger partial charge < -0.3 is 13.7 Å². The summed E-state index contributed by atoms with van der Waals surface area (Å²) < 4.78 is 41.5. The van der Waals surface area contributed by atoms with Crippen LogP contribution in [0.15, 0.2) is 69.6 Å². The van der Waals surface area contributed by atoms with Crippen molar-refractivity contribution in [3.8, 4) is 22.7 Å². The minimum absolute atomic E-state index is 0.0161. The molecule has 140 valence electrons. The molecule has 0 unspecified atom stereocenters. The highest BCUT2D eigenvalue weighted by Gasteiger charge is 2.16. The number of carbonyl (C=O) groups is 1. The van der Waals surface area contributed by atoms with Crippen molar-refractivity contribution in [2.45, 2.75) is 6.61 Å². The highest BCUT2D eigenvalue weighted by Crippen LogP contribution is 2.23. The van der Waals surface area contributed by atoms with Gasteiger partial charge in [0.05, 0.1) is 0 Å². The number of furan rings is 1. The van der Waals surface area contributed by atoms with Gasteiger partial charge in [0, 0.05) is 11.1 Å². The Kier molecular flexibility index (Phi) is 4.67. The van der Waals surface area contributed by atoms with Gasteiger partial charge in [-0.05, 0) is 60.7 Å². The molecule has 2 aromatic carbocycles. The number of ether oxygens (including phenoxy) is 1. The molecule has 0 aliphatic heterocycles. The molecule has 0 spiro atoms. The summed E-state index contributed by atoms with van der Waals surface area (Å²) in [5.41, 5.74) is 1.19. The van der Waals surface area contributed by atoms with Gasteiger partial charge in [-0.15, -0.1) is 0 Å². The van der Waals surface area contributed by atoms with Gasteiger partial charge in [0.2, 0.25) is 11.6 Å². The maximum Gasteiger partial charge on any atom is 0.374 e. The average Bonchev–Trinajstić information content (AvgIpc) is 3.37. The second kappa shape index (κ2) is 7.43. The van der Waals surface area contributed by atoms with E-state index in [0.717, 1.165) is 0 Å². The zero-order valence-electron chi connectivity index (χ0n) is 14.3. The molecule has 2 aromatic heterocycles. The van der Waals surface area contributed by atoms with E-state index < -0.39 is 5.97 Å². The molecule has 0 aliphatic carbocycles. The van der Waals surface area contributed by atoms with E-state index in [1.807, 2.05) is 0 Å². The lowest BCUT2D eigenvalue weighted by Gasteiger charge is -1.99. The molecule has 0 bridgehead atoms. The predicted octanol–water partition coefficient (Wildman–Crippen LogP) is 4.63. The number of aromatic nitrogens is 2. The lowest BCUT2D eigenvalue weighted by molar-refractivity contribution is 0.0394. The van der Waals surface area contributed by atoms with Gasteiger partial charge in [-0.1, -0.05) is 5.16 Å². The number of nitrogens with zero attached hydrogens (tertiary/aromatic N) is 2. The number of hydrogen-bond acceptors (Lipinski definition) is 6. The van der Waals surface area contributed by atoms with Crippen molar-refractivity contribution in [3.05, 3.63) is 83.9 Å². The summed E-state index contributed by atoms with van der Waals surface area (Å²) in [4.78, 5) is 16.2. The Labute approximate surface area is 157 Å². The third-order valence-electron chi connectivity index (χ3n) is 3.83. The summed E-state index contributed by atoms with van der Waals surface area (Å²) in [6.45, 7) is -0.250. The molecule has 6 nitrogen and oxygen atoms in total. The van der Waals surface area contributed by atoms with Crippen LogP contribution in [0.2, 0.25) is 0 Å². The molecule has 0 atom stereocenters. The SMILES string of the molecule is O=C(OCc1nc(-c2ccc(F)cc2)no1)c1ccc(-c2ccc(F)cc2)o1. The Morgan fingerprint density at radius 2 is 1.54 bits per heavy atom. The van der Waals surface area contributed by atoms with Gasteiger partial charge in [0.1, 0.15) is 17.4 Å². The maximum absolute atomic E-state index is 13.0. The average molecular weight is 382 g/mol.